The van der Waals surface area contributed by atoms with Crippen molar-refractivity contribution in [3.8, 4) is 5.75 Å². The number of benzene rings is 1. The number of nitrogen functional groups attached to an aromatic ring is 1. The van der Waals surface area contributed by atoms with E-state index in [-0.39, 0.29) is 17.8 Å². The molecule has 0 bridgehead atoms. The number of aromatic hydroxyl groups is 1. The highest BCUT2D eigenvalue weighted by atomic mass is 16.5. The molecule has 1 aromatic carbocycles. The number of ether oxygens (including phenoxy) is 1. The molecule has 19 heavy (non-hydrogen) atoms. The molecule has 1 aliphatic rings. The fraction of sp³-hybridized carbons (Fsp3) is 0.357. The van der Waals surface area contributed by atoms with Gasteiger partial charge in [-0.1, -0.05) is 0 Å². The van der Waals surface area contributed by atoms with E-state index in [4.69, 9.17) is 10.5 Å². The number of hydrogen-bond donors (Lipinski definition) is 3. The lowest BCUT2D eigenvalue weighted by Crippen LogP contribution is -2.30. The van der Waals surface area contributed by atoms with Crippen LogP contribution in [0.25, 0.3) is 6.08 Å². The predicted octanol–water partition coefficient (Wildman–Crippen LogP) is 1.28. The van der Waals surface area contributed by atoms with Gasteiger partial charge in [-0.2, -0.15) is 0 Å². The zero-order valence-electron chi connectivity index (χ0n) is 10.6. The number of carbonyl (C=O) groups excluding carboxylic acids is 1. The summed E-state index contributed by atoms with van der Waals surface area (Å²) in [5, 5.41) is 12.1. The fourth-order valence-corrected chi connectivity index (χ4v) is 1.95. The van der Waals surface area contributed by atoms with Gasteiger partial charge in [0.2, 0.25) is 5.91 Å². The normalized spacial score (nSPS) is 18.8. The van der Waals surface area contributed by atoms with Crippen molar-refractivity contribution >= 4 is 17.7 Å². The summed E-state index contributed by atoms with van der Waals surface area (Å²) in [4.78, 5) is 11.6. The minimum atomic E-state index is -0.196. The minimum Gasteiger partial charge on any atom is -0.508 e. The predicted molar refractivity (Wildman–Crippen MR) is 73.5 cm³/mol. The molecule has 2 rings (SSSR count). The van der Waals surface area contributed by atoms with Crippen molar-refractivity contribution in [3.05, 3.63) is 29.8 Å². The molecule has 1 aromatic rings. The molecule has 0 aromatic heterocycles. The van der Waals surface area contributed by atoms with Crippen LogP contribution in [0.2, 0.25) is 0 Å². The summed E-state index contributed by atoms with van der Waals surface area (Å²) in [5.41, 5.74) is 6.87. The van der Waals surface area contributed by atoms with Crippen LogP contribution < -0.4 is 11.1 Å². The van der Waals surface area contributed by atoms with Gasteiger partial charge in [0.15, 0.2) is 0 Å². The van der Waals surface area contributed by atoms with Crippen LogP contribution in [0, 0.1) is 0 Å². The molecule has 0 radical (unpaired) electrons. The zero-order chi connectivity index (χ0) is 13.7. The Hall–Kier alpha value is -2.01. The maximum absolute atomic E-state index is 11.6. The lowest BCUT2D eigenvalue weighted by atomic mass is 10.1. The Labute approximate surface area is 112 Å². The molecule has 0 saturated carbocycles. The molecular formula is C14H18N2O3. The lowest BCUT2D eigenvalue weighted by molar-refractivity contribution is -0.116. The summed E-state index contributed by atoms with van der Waals surface area (Å²) in [7, 11) is 0. The van der Waals surface area contributed by atoms with E-state index in [2.05, 4.69) is 5.32 Å². The molecule has 1 heterocycles. The van der Waals surface area contributed by atoms with E-state index in [9.17, 15) is 9.90 Å². The Kier molecular flexibility index (Phi) is 4.41. The van der Waals surface area contributed by atoms with Crippen molar-refractivity contribution in [2.45, 2.75) is 18.9 Å². The molecule has 0 aliphatic carbocycles. The molecule has 4 N–H and O–H groups in total. The number of phenolic OH excluding ortho intramolecular Hbond substituents is 1. The molecule has 1 atom stereocenters. The number of phenols is 1. The molecule has 0 spiro atoms. The van der Waals surface area contributed by atoms with Gasteiger partial charge >= 0.3 is 0 Å². The fourth-order valence-electron chi connectivity index (χ4n) is 1.95. The van der Waals surface area contributed by atoms with E-state index in [1.807, 2.05) is 0 Å². The average Bonchev–Trinajstić information content (AvgIpc) is 2.90. The topological polar surface area (TPSA) is 84.6 Å². The van der Waals surface area contributed by atoms with Gasteiger partial charge < -0.3 is 20.9 Å². The van der Waals surface area contributed by atoms with E-state index in [1.54, 1.807) is 12.1 Å². The second kappa shape index (κ2) is 6.24. The van der Waals surface area contributed by atoms with Crippen LogP contribution in [-0.2, 0) is 9.53 Å². The molecule has 1 amide bonds. The Bertz CT molecular complexity index is 480. The third-order valence-corrected chi connectivity index (χ3v) is 3.01. The highest BCUT2D eigenvalue weighted by Crippen LogP contribution is 2.19. The average molecular weight is 262 g/mol. The van der Waals surface area contributed by atoms with Crippen LogP contribution in [-0.4, -0.2) is 30.3 Å². The highest BCUT2D eigenvalue weighted by molar-refractivity contribution is 5.92. The maximum Gasteiger partial charge on any atom is 0.244 e. The monoisotopic (exact) mass is 262 g/mol. The third kappa shape index (κ3) is 3.99. The number of nitrogens with one attached hydrogen (secondary N) is 1. The van der Waals surface area contributed by atoms with Crippen molar-refractivity contribution in [2.75, 3.05) is 18.9 Å². The first-order chi connectivity index (χ1) is 9.15. The van der Waals surface area contributed by atoms with Crippen molar-refractivity contribution in [2.24, 2.45) is 0 Å². The Morgan fingerprint density at radius 1 is 1.58 bits per heavy atom. The summed E-state index contributed by atoms with van der Waals surface area (Å²) in [6.07, 6.45) is 5.16. The zero-order valence-corrected chi connectivity index (χ0v) is 10.6. The van der Waals surface area contributed by atoms with Crippen LogP contribution >= 0.6 is 0 Å². The van der Waals surface area contributed by atoms with E-state index in [0.29, 0.717) is 17.8 Å². The van der Waals surface area contributed by atoms with Crippen molar-refractivity contribution in [3.63, 3.8) is 0 Å². The van der Waals surface area contributed by atoms with Crippen LogP contribution in [0.5, 0.6) is 5.75 Å². The molecule has 1 saturated heterocycles. The number of hydrogen-bond acceptors (Lipinski definition) is 4. The van der Waals surface area contributed by atoms with E-state index in [1.165, 1.54) is 18.2 Å². The second-order valence-electron chi connectivity index (χ2n) is 4.53. The quantitative estimate of drug-likeness (QED) is 0.433. The Morgan fingerprint density at radius 3 is 3.16 bits per heavy atom. The first-order valence-electron chi connectivity index (χ1n) is 6.31. The van der Waals surface area contributed by atoms with Crippen molar-refractivity contribution in [1.82, 2.24) is 5.32 Å². The van der Waals surface area contributed by atoms with Crippen molar-refractivity contribution in [1.29, 1.82) is 0 Å². The molecule has 5 heteroatoms. The number of nitrogens with two attached hydrogens (primary N) is 1. The molecule has 102 valence electrons. The highest BCUT2D eigenvalue weighted by Gasteiger charge is 2.15. The van der Waals surface area contributed by atoms with Gasteiger partial charge in [0.05, 0.1) is 6.10 Å². The molecule has 1 fully saturated rings. The Balaban J connectivity index is 1.86. The summed E-state index contributed by atoms with van der Waals surface area (Å²) in [6.45, 7) is 1.30. The van der Waals surface area contributed by atoms with Crippen LogP contribution in [0.1, 0.15) is 18.4 Å². The minimum absolute atomic E-state index is 0.119. The van der Waals surface area contributed by atoms with Gasteiger partial charge in [0.1, 0.15) is 5.75 Å². The van der Waals surface area contributed by atoms with Crippen LogP contribution in [0.4, 0.5) is 5.69 Å². The Morgan fingerprint density at radius 2 is 2.42 bits per heavy atom. The van der Waals surface area contributed by atoms with Gasteiger partial charge in [-0.25, -0.2) is 0 Å². The van der Waals surface area contributed by atoms with E-state index >= 15 is 0 Å². The summed E-state index contributed by atoms with van der Waals surface area (Å²) < 4.78 is 5.41. The first-order valence-corrected chi connectivity index (χ1v) is 6.31. The number of amides is 1. The van der Waals surface area contributed by atoms with E-state index < -0.39 is 0 Å². The van der Waals surface area contributed by atoms with Crippen LogP contribution in [0.3, 0.4) is 0 Å². The SMILES string of the molecule is Nc1ccc(O)cc1/C=C/C(=O)NCC1CCCO1. The molecule has 1 aliphatic heterocycles. The largest absolute Gasteiger partial charge is 0.508 e. The lowest BCUT2D eigenvalue weighted by Gasteiger charge is -2.09. The smallest absolute Gasteiger partial charge is 0.244 e. The molecule has 5 nitrogen and oxygen atoms in total. The number of anilines is 1. The standard InChI is InChI=1S/C14H18N2O3/c15-13-5-4-11(17)8-10(13)3-6-14(18)16-9-12-2-1-7-19-12/h3-6,8,12,17H,1-2,7,9,15H2,(H,16,18)/b6-3+. The maximum atomic E-state index is 11.6. The second-order valence-corrected chi connectivity index (χ2v) is 4.53. The summed E-state index contributed by atoms with van der Waals surface area (Å²) >= 11 is 0. The van der Waals surface area contributed by atoms with Gasteiger partial charge in [-0.3, -0.25) is 4.79 Å². The van der Waals surface area contributed by atoms with Gasteiger partial charge in [0.25, 0.3) is 0 Å². The summed E-state index contributed by atoms with van der Waals surface area (Å²) in [6, 6.07) is 4.61. The van der Waals surface area contributed by atoms with Crippen LogP contribution in [0.15, 0.2) is 24.3 Å². The van der Waals surface area contributed by atoms with Crippen molar-refractivity contribution < 1.29 is 14.6 Å². The first kappa shape index (κ1) is 13.4. The van der Waals surface area contributed by atoms with E-state index in [0.717, 1.165) is 19.4 Å². The number of carbonyl (C=O) groups is 1. The third-order valence-electron chi connectivity index (χ3n) is 3.01. The number of rotatable bonds is 4. The van der Waals surface area contributed by atoms with Gasteiger partial charge in [-0.05, 0) is 37.1 Å². The van der Waals surface area contributed by atoms with Gasteiger partial charge in [0, 0.05) is 30.5 Å². The molecular weight excluding hydrogens is 244 g/mol. The van der Waals surface area contributed by atoms with Gasteiger partial charge in [-0.15, -0.1) is 0 Å². The summed E-state index contributed by atoms with van der Waals surface area (Å²) in [5.74, 6) is -0.0770. The molecule has 1 unspecified atom stereocenters.